The highest BCUT2D eigenvalue weighted by atomic mass is 19.3. The van der Waals surface area contributed by atoms with Gasteiger partial charge in [0.15, 0.2) is 0 Å². The van der Waals surface area contributed by atoms with Crippen LogP contribution in [-0.2, 0) is 0 Å². The van der Waals surface area contributed by atoms with E-state index in [4.69, 9.17) is 14.2 Å². The zero-order chi connectivity index (χ0) is 24.5. The predicted octanol–water partition coefficient (Wildman–Crippen LogP) is 3.88. The summed E-state index contributed by atoms with van der Waals surface area (Å²) >= 11 is 0. The van der Waals surface area contributed by atoms with Crippen molar-refractivity contribution in [1.29, 1.82) is 0 Å². The van der Waals surface area contributed by atoms with Gasteiger partial charge in [0.2, 0.25) is 0 Å². The molecule has 0 bridgehead atoms. The van der Waals surface area contributed by atoms with Gasteiger partial charge in [-0.15, -0.1) is 0 Å². The fourth-order valence-corrected chi connectivity index (χ4v) is 3.40. The van der Waals surface area contributed by atoms with Gasteiger partial charge in [-0.25, -0.2) is 4.98 Å². The summed E-state index contributed by atoms with van der Waals surface area (Å²) < 4.78 is 44.2. The molecule has 1 amide bonds. The number of fused-ring (bicyclic) bond motifs is 1. The Morgan fingerprint density at radius 2 is 2.00 bits per heavy atom. The lowest BCUT2D eigenvalue weighted by molar-refractivity contribution is -0.0502. The van der Waals surface area contributed by atoms with E-state index in [2.05, 4.69) is 15.6 Å². The summed E-state index contributed by atoms with van der Waals surface area (Å²) in [6.45, 7) is 1.42. The van der Waals surface area contributed by atoms with Crippen LogP contribution in [0.25, 0.3) is 16.9 Å². The smallest absolute Gasteiger partial charge is 0.387 e. The van der Waals surface area contributed by atoms with Crippen LogP contribution in [0.15, 0.2) is 36.7 Å². The molecule has 4 rings (SSSR count). The predicted molar refractivity (Wildman–Crippen MR) is 123 cm³/mol. The van der Waals surface area contributed by atoms with Crippen LogP contribution in [0.2, 0.25) is 0 Å². The van der Waals surface area contributed by atoms with E-state index in [-0.39, 0.29) is 28.6 Å². The van der Waals surface area contributed by atoms with Gasteiger partial charge >= 0.3 is 6.61 Å². The number of ether oxygens (including phenoxy) is 3. The van der Waals surface area contributed by atoms with Crippen LogP contribution in [-0.4, -0.2) is 54.2 Å². The lowest BCUT2D eigenvalue weighted by Gasteiger charge is -2.24. The molecule has 0 saturated heterocycles. The van der Waals surface area contributed by atoms with E-state index in [1.165, 1.54) is 13.2 Å². The Bertz CT molecular complexity index is 1190. The molecule has 8 nitrogen and oxygen atoms in total. The van der Waals surface area contributed by atoms with Crippen molar-refractivity contribution in [2.45, 2.75) is 44.9 Å². The highest BCUT2D eigenvalue weighted by molar-refractivity contribution is 6.01. The second-order valence-electron chi connectivity index (χ2n) is 8.83. The minimum atomic E-state index is -3.10. The number of carbonyl (C=O) groups excluding carboxylic acids is 1. The summed E-state index contributed by atoms with van der Waals surface area (Å²) in [6.07, 6.45) is 5.11. The van der Waals surface area contributed by atoms with Gasteiger partial charge in [-0.2, -0.15) is 8.78 Å². The first-order valence-corrected chi connectivity index (χ1v) is 11.0. The topological polar surface area (TPSA) is 86.1 Å². The van der Waals surface area contributed by atoms with E-state index in [0.717, 1.165) is 12.8 Å². The first kappa shape index (κ1) is 23.7. The van der Waals surface area contributed by atoms with E-state index in [0.29, 0.717) is 29.3 Å². The Morgan fingerprint density at radius 1 is 1.26 bits per heavy atom. The number of amides is 1. The summed E-state index contributed by atoms with van der Waals surface area (Å²) in [4.78, 5) is 17.2. The highest BCUT2D eigenvalue weighted by Gasteiger charge is 2.29. The minimum Gasteiger partial charge on any atom is -0.496 e. The molecule has 0 radical (unpaired) electrons. The molecule has 1 aliphatic carbocycles. The summed E-state index contributed by atoms with van der Waals surface area (Å²) in [7, 11) is 3.25. The number of likely N-dealkylation sites (N-methyl/N-ethyl adjacent to an activating group) is 1. The molecule has 2 aromatic heterocycles. The fraction of sp³-hybridized carbons (Fsp3) is 0.417. The molecule has 2 N–H and O–H groups in total. The monoisotopic (exact) mass is 474 g/mol. The highest BCUT2D eigenvalue weighted by Crippen LogP contribution is 2.37. The molecule has 34 heavy (non-hydrogen) atoms. The van der Waals surface area contributed by atoms with Crippen molar-refractivity contribution in [3.05, 3.63) is 42.2 Å². The van der Waals surface area contributed by atoms with E-state index in [1.54, 1.807) is 35.0 Å². The SMILES string of the molecule is CNC(C)(C)COc1ccn2c(-c3cc(OC)c(C(=O)NC4CC4)c(OC(F)F)c3)cnc2c1. The maximum atomic E-state index is 13.2. The number of hydrogen-bond acceptors (Lipinski definition) is 6. The zero-order valence-electron chi connectivity index (χ0n) is 19.5. The van der Waals surface area contributed by atoms with Crippen molar-refractivity contribution in [3.8, 4) is 28.5 Å². The molecule has 10 heteroatoms. The molecule has 3 aromatic rings. The number of carbonyl (C=O) groups is 1. The Hall–Kier alpha value is -3.40. The van der Waals surface area contributed by atoms with Crippen molar-refractivity contribution in [3.63, 3.8) is 0 Å². The van der Waals surface area contributed by atoms with Crippen LogP contribution >= 0.6 is 0 Å². The third-order valence-corrected chi connectivity index (χ3v) is 5.70. The molecule has 0 aliphatic heterocycles. The summed E-state index contributed by atoms with van der Waals surface area (Å²) in [6, 6.07) is 6.66. The normalized spacial score (nSPS) is 13.9. The van der Waals surface area contributed by atoms with Gasteiger partial charge in [-0.1, -0.05) is 0 Å². The van der Waals surface area contributed by atoms with Gasteiger partial charge in [0, 0.05) is 29.4 Å². The Balaban J connectivity index is 1.70. The molecule has 1 saturated carbocycles. The number of rotatable bonds is 10. The molecule has 0 atom stereocenters. The minimum absolute atomic E-state index is 0.0464. The van der Waals surface area contributed by atoms with E-state index >= 15 is 0 Å². The number of nitrogens with zero attached hydrogens (tertiary/aromatic N) is 2. The number of nitrogens with one attached hydrogen (secondary N) is 2. The summed E-state index contributed by atoms with van der Waals surface area (Å²) in [5.74, 6) is 0.0209. The number of methoxy groups -OCH3 is 1. The van der Waals surface area contributed by atoms with Gasteiger partial charge in [-0.3, -0.25) is 9.20 Å². The fourth-order valence-electron chi connectivity index (χ4n) is 3.40. The van der Waals surface area contributed by atoms with Crippen LogP contribution in [0.5, 0.6) is 17.2 Å². The molecule has 0 spiro atoms. The quantitative estimate of drug-likeness (QED) is 0.464. The van der Waals surface area contributed by atoms with Crippen LogP contribution in [0.1, 0.15) is 37.0 Å². The maximum absolute atomic E-state index is 13.2. The number of pyridine rings is 1. The Kier molecular flexibility index (Phi) is 6.60. The number of imidazole rings is 1. The van der Waals surface area contributed by atoms with Crippen molar-refractivity contribution in [1.82, 2.24) is 20.0 Å². The van der Waals surface area contributed by atoms with Crippen molar-refractivity contribution in [2.24, 2.45) is 0 Å². The summed E-state index contributed by atoms with van der Waals surface area (Å²) in [5.41, 5.74) is 1.48. The lowest BCUT2D eigenvalue weighted by atomic mass is 10.1. The average Bonchev–Trinajstić information content (AvgIpc) is 3.51. The molecule has 2 heterocycles. The van der Waals surface area contributed by atoms with Crippen molar-refractivity contribution < 1.29 is 27.8 Å². The first-order valence-electron chi connectivity index (χ1n) is 11.0. The molecule has 1 fully saturated rings. The zero-order valence-corrected chi connectivity index (χ0v) is 19.5. The number of hydrogen-bond donors (Lipinski definition) is 2. The van der Waals surface area contributed by atoms with E-state index in [1.807, 2.05) is 20.9 Å². The van der Waals surface area contributed by atoms with Crippen LogP contribution < -0.4 is 24.8 Å². The van der Waals surface area contributed by atoms with Crippen LogP contribution in [0, 0.1) is 0 Å². The molecule has 182 valence electrons. The number of aromatic nitrogens is 2. The van der Waals surface area contributed by atoms with Gasteiger partial charge in [0.1, 0.15) is 35.1 Å². The van der Waals surface area contributed by atoms with Crippen molar-refractivity contribution in [2.75, 3.05) is 20.8 Å². The third kappa shape index (κ3) is 5.22. The molecule has 0 unspecified atom stereocenters. The number of alkyl halides is 2. The second kappa shape index (κ2) is 9.46. The average molecular weight is 475 g/mol. The van der Waals surface area contributed by atoms with Gasteiger partial charge in [-0.05, 0) is 51.9 Å². The Labute approximate surface area is 196 Å². The lowest BCUT2D eigenvalue weighted by Crippen LogP contribution is -2.42. The largest absolute Gasteiger partial charge is 0.496 e. The second-order valence-corrected chi connectivity index (χ2v) is 8.83. The molecular formula is C24H28F2N4O4. The van der Waals surface area contributed by atoms with Crippen LogP contribution in [0.3, 0.4) is 0 Å². The van der Waals surface area contributed by atoms with Gasteiger partial charge in [0.05, 0.1) is 19.0 Å². The van der Waals surface area contributed by atoms with E-state index < -0.39 is 12.5 Å². The standard InChI is InChI=1S/C24H28F2N4O4/c1-24(2,27-3)13-33-16-7-8-30-17(12-28-20(30)11-16)14-9-18(32-4)21(19(10-14)34-23(25)26)22(31)29-15-5-6-15/h7-12,15,23,27H,5-6,13H2,1-4H3,(H,29,31). The number of benzene rings is 1. The molecule has 1 aromatic carbocycles. The Morgan fingerprint density at radius 3 is 2.65 bits per heavy atom. The first-order chi connectivity index (χ1) is 16.2. The van der Waals surface area contributed by atoms with Crippen molar-refractivity contribution >= 4 is 11.6 Å². The number of halogens is 2. The summed E-state index contributed by atoms with van der Waals surface area (Å²) in [5, 5.41) is 5.97. The van der Waals surface area contributed by atoms with Gasteiger partial charge < -0.3 is 24.8 Å². The van der Waals surface area contributed by atoms with Crippen LogP contribution in [0.4, 0.5) is 8.78 Å². The molecular weight excluding hydrogens is 446 g/mol. The van der Waals surface area contributed by atoms with Gasteiger partial charge in [0.25, 0.3) is 5.91 Å². The third-order valence-electron chi connectivity index (χ3n) is 5.70. The maximum Gasteiger partial charge on any atom is 0.387 e. The van der Waals surface area contributed by atoms with E-state index in [9.17, 15) is 13.6 Å². The molecule has 1 aliphatic rings.